The Hall–Kier alpha value is -1.36. The van der Waals surface area contributed by atoms with Crippen LogP contribution >= 0.6 is 0 Å². The number of hydrogen-bond acceptors (Lipinski definition) is 5. The van der Waals surface area contributed by atoms with Crippen molar-refractivity contribution in [3.8, 4) is 11.8 Å². The lowest BCUT2D eigenvalue weighted by atomic mass is 10.1. The standard InChI is InChI=1S/C12H19N3O2/c1-2-16-11-7-12(15-9-14-11)17-8-10-5-3-4-6-13-10/h7,9-10,13H,2-6,8H2,1H3. The van der Waals surface area contributed by atoms with Gasteiger partial charge < -0.3 is 14.8 Å². The Morgan fingerprint density at radius 3 is 2.82 bits per heavy atom. The summed E-state index contributed by atoms with van der Waals surface area (Å²) < 4.78 is 10.9. The van der Waals surface area contributed by atoms with Crippen molar-refractivity contribution in [2.75, 3.05) is 19.8 Å². The largest absolute Gasteiger partial charge is 0.478 e. The van der Waals surface area contributed by atoms with Gasteiger partial charge >= 0.3 is 0 Å². The minimum absolute atomic E-state index is 0.439. The van der Waals surface area contributed by atoms with Crippen LogP contribution in [-0.2, 0) is 0 Å². The van der Waals surface area contributed by atoms with Gasteiger partial charge in [0.25, 0.3) is 0 Å². The molecule has 2 rings (SSSR count). The molecule has 0 amide bonds. The van der Waals surface area contributed by atoms with E-state index in [0.29, 0.717) is 31.0 Å². The van der Waals surface area contributed by atoms with Gasteiger partial charge in [-0.2, -0.15) is 0 Å². The van der Waals surface area contributed by atoms with Gasteiger partial charge in [0, 0.05) is 6.04 Å². The maximum absolute atomic E-state index is 5.64. The van der Waals surface area contributed by atoms with E-state index in [9.17, 15) is 0 Å². The lowest BCUT2D eigenvalue weighted by molar-refractivity contribution is 0.229. The summed E-state index contributed by atoms with van der Waals surface area (Å²) in [5.41, 5.74) is 0. The zero-order chi connectivity index (χ0) is 11.9. The number of piperidine rings is 1. The van der Waals surface area contributed by atoms with E-state index in [2.05, 4.69) is 15.3 Å². The number of aromatic nitrogens is 2. The lowest BCUT2D eigenvalue weighted by Crippen LogP contribution is -2.38. The summed E-state index contributed by atoms with van der Waals surface area (Å²) in [4.78, 5) is 8.06. The molecule has 1 saturated heterocycles. The molecule has 1 N–H and O–H groups in total. The molecule has 1 fully saturated rings. The van der Waals surface area contributed by atoms with Crippen molar-refractivity contribution >= 4 is 0 Å². The van der Waals surface area contributed by atoms with Crippen molar-refractivity contribution in [2.45, 2.75) is 32.2 Å². The van der Waals surface area contributed by atoms with Crippen LogP contribution < -0.4 is 14.8 Å². The summed E-state index contributed by atoms with van der Waals surface area (Å²) in [6, 6.07) is 2.17. The van der Waals surface area contributed by atoms with E-state index in [4.69, 9.17) is 9.47 Å². The lowest BCUT2D eigenvalue weighted by Gasteiger charge is -2.23. The molecular weight excluding hydrogens is 218 g/mol. The Morgan fingerprint density at radius 1 is 1.29 bits per heavy atom. The Labute approximate surface area is 102 Å². The quantitative estimate of drug-likeness (QED) is 0.838. The van der Waals surface area contributed by atoms with Crippen molar-refractivity contribution in [2.24, 2.45) is 0 Å². The van der Waals surface area contributed by atoms with E-state index >= 15 is 0 Å². The normalized spacial score (nSPS) is 19.9. The average Bonchev–Trinajstić information content (AvgIpc) is 2.39. The molecule has 0 bridgehead atoms. The van der Waals surface area contributed by atoms with Crippen LogP contribution in [0.5, 0.6) is 11.8 Å². The molecule has 94 valence electrons. The highest BCUT2D eigenvalue weighted by atomic mass is 16.5. The number of rotatable bonds is 5. The van der Waals surface area contributed by atoms with Crippen LogP contribution in [0.2, 0.25) is 0 Å². The van der Waals surface area contributed by atoms with Crippen LogP contribution in [0.15, 0.2) is 12.4 Å². The fraction of sp³-hybridized carbons (Fsp3) is 0.667. The maximum atomic E-state index is 5.64. The van der Waals surface area contributed by atoms with Gasteiger partial charge in [0.1, 0.15) is 12.9 Å². The molecular formula is C12H19N3O2. The molecule has 1 aliphatic rings. The Kier molecular flexibility index (Phi) is 4.55. The Balaban J connectivity index is 1.83. The van der Waals surface area contributed by atoms with Crippen LogP contribution in [0, 0.1) is 0 Å². The first kappa shape index (κ1) is 12.1. The van der Waals surface area contributed by atoms with Gasteiger partial charge in [-0.1, -0.05) is 6.42 Å². The molecule has 0 aromatic carbocycles. The molecule has 0 radical (unpaired) electrons. The number of ether oxygens (including phenoxy) is 2. The van der Waals surface area contributed by atoms with Gasteiger partial charge in [-0.25, -0.2) is 9.97 Å². The van der Waals surface area contributed by atoms with E-state index in [1.165, 1.54) is 25.6 Å². The van der Waals surface area contributed by atoms with Crippen molar-refractivity contribution in [3.63, 3.8) is 0 Å². The zero-order valence-corrected chi connectivity index (χ0v) is 10.2. The summed E-state index contributed by atoms with van der Waals surface area (Å²) in [6.07, 6.45) is 5.17. The second kappa shape index (κ2) is 6.39. The van der Waals surface area contributed by atoms with E-state index in [1.54, 1.807) is 6.07 Å². The SMILES string of the molecule is CCOc1cc(OCC2CCCCN2)ncn1. The molecule has 5 heteroatoms. The maximum Gasteiger partial charge on any atom is 0.220 e. The van der Waals surface area contributed by atoms with Crippen LogP contribution in [0.1, 0.15) is 26.2 Å². The first-order chi connectivity index (χ1) is 8.38. The van der Waals surface area contributed by atoms with E-state index in [1.807, 2.05) is 6.92 Å². The van der Waals surface area contributed by atoms with Crippen LogP contribution in [0.3, 0.4) is 0 Å². The molecule has 1 aromatic rings. The van der Waals surface area contributed by atoms with E-state index in [0.717, 1.165) is 6.54 Å². The van der Waals surface area contributed by atoms with Gasteiger partial charge in [0.2, 0.25) is 11.8 Å². The van der Waals surface area contributed by atoms with Crippen molar-refractivity contribution in [3.05, 3.63) is 12.4 Å². The molecule has 1 aromatic heterocycles. The van der Waals surface area contributed by atoms with Crippen molar-refractivity contribution < 1.29 is 9.47 Å². The minimum atomic E-state index is 0.439. The summed E-state index contributed by atoms with van der Waals surface area (Å²) in [6.45, 7) is 4.26. The smallest absolute Gasteiger partial charge is 0.220 e. The molecule has 1 unspecified atom stereocenters. The molecule has 17 heavy (non-hydrogen) atoms. The average molecular weight is 237 g/mol. The highest BCUT2D eigenvalue weighted by Gasteiger charge is 2.13. The third-order valence-corrected chi connectivity index (χ3v) is 2.75. The fourth-order valence-corrected chi connectivity index (χ4v) is 1.88. The minimum Gasteiger partial charge on any atom is -0.478 e. The molecule has 1 aliphatic heterocycles. The molecule has 0 aliphatic carbocycles. The Bertz CT molecular complexity index is 340. The second-order valence-corrected chi connectivity index (χ2v) is 4.09. The number of nitrogens with zero attached hydrogens (tertiary/aromatic N) is 2. The monoisotopic (exact) mass is 237 g/mol. The summed E-state index contributed by atoms with van der Waals surface area (Å²) in [5, 5.41) is 3.43. The van der Waals surface area contributed by atoms with Gasteiger partial charge in [-0.05, 0) is 26.3 Å². The topological polar surface area (TPSA) is 56.3 Å². The first-order valence-corrected chi connectivity index (χ1v) is 6.19. The van der Waals surface area contributed by atoms with Gasteiger partial charge in [-0.15, -0.1) is 0 Å². The van der Waals surface area contributed by atoms with Gasteiger partial charge in [0.05, 0.1) is 12.7 Å². The van der Waals surface area contributed by atoms with Crippen LogP contribution in [0.4, 0.5) is 0 Å². The third-order valence-electron chi connectivity index (χ3n) is 2.75. The first-order valence-electron chi connectivity index (χ1n) is 6.19. The van der Waals surface area contributed by atoms with E-state index in [-0.39, 0.29) is 0 Å². The predicted octanol–water partition coefficient (Wildman–Crippen LogP) is 1.40. The Morgan fingerprint density at radius 2 is 2.12 bits per heavy atom. The zero-order valence-electron chi connectivity index (χ0n) is 10.2. The summed E-state index contributed by atoms with van der Waals surface area (Å²) >= 11 is 0. The van der Waals surface area contributed by atoms with Crippen molar-refractivity contribution in [1.29, 1.82) is 0 Å². The highest BCUT2D eigenvalue weighted by Crippen LogP contribution is 2.14. The summed E-state index contributed by atoms with van der Waals surface area (Å²) in [7, 11) is 0. The highest BCUT2D eigenvalue weighted by molar-refractivity contribution is 5.18. The van der Waals surface area contributed by atoms with Crippen LogP contribution in [-0.4, -0.2) is 35.8 Å². The molecule has 2 heterocycles. The summed E-state index contributed by atoms with van der Waals surface area (Å²) in [5.74, 6) is 1.14. The van der Waals surface area contributed by atoms with Crippen LogP contribution in [0.25, 0.3) is 0 Å². The van der Waals surface area contributed by atoms with Crippen molar-refractivity contribution in [1.82, 2.24) is 15.3 Å². The fourth-order valence-electron chi connectivity index (χ4n) is 1.88. The second-order valence-electron chi connectivity index (χ2n) is 4.09. The molecule has 1 atom stereocenters. The predicted molar refractivity (Wildman–Crippen MR) is 64.3 cm³/mol. The molecule has 0 saturated carbocycles. The molecule has 5 nitrogen and oxygen atoms in total. The third kappa shape index (κ3) is 3.85. The number of nitrogens with one attached hydrogen (secondary N) is 1. The van der Waals surface area contributed by atoms with E-state index < -0.39 is 0 Å². The molecule has 0 spiro atoms. The van der Waals surface area contributed by atoms with Gasteiger partial charge in [0.15, 0.2) is 0 Å². The van der Waals surface area contributed by atoms with Gasteiger partial charge in [-0.3, -0.25) is 0 Å². The number of hydrogen-bond donors (Lipinski definition) is 1.